The van der Waals surface area contributed by atoms with Gasteiger partial charge in [-0.05, 0) is 68.1 Å². The summed E-state index contributed by atoms with van der Waals surface area (Å²) in [5.74, 6) is -0.336. The summed E-state index contributed by atoms with van der Waals surface area (Å²) in [6.45, 7) is 3.73. The van der Waals surface area contributed by atoms with Crippen LogP contribution in [0.15, 0.2) is 61.2 Å². The summed E-state index contributed by atoms with van der Waals surface area (Å²) in [5.41, 5.74) is 1.29. The fourth-order valence-electron chi connectivity index (χ4n) is 2.83. The molecule has 0 heterocycles. The van der Waals surface area contributed by atoms with Crippen molar-refractivity contribution in [3.8, 4) is 11.5 Å². The number of carbonyl (C=O) groups is 2. The number of rotatable bonds is 12. The Labute approximate surface area is 182 Å². The number of unbranched alkanes of at least 4 members (excludes halogenated alkanes) is 4. The minimum atomic E-state index is -0.606. The number of benzene rings is 2. The lowest BCUT2D eigenvalue weighted by Crippen LogP contribution is -2.17. The van der Waals surface area contributed by atoms with Gasteiger partial charge in [0.05, 0.1) is 7.11 Å². The smallest absolute Gasteiger partial charge is 0.315 e. The first-order valence-corrected chi connectivity index (χ1v) is 10.2. The predicted molar refractivity (Wildman–Crippen MR) is 120 cm³/mol. The standard InChI is InChI=1S/C25H28FNO4/c1-3-4-5-6-7-8-9-10-19-17-21(27-24(28)18-25(29)30-2)13-16-23(19)31-22-14-11-20(26)12-15-22/h3,9-17H,1,4-8,18H2,2H3,(H,27,28)/b10-9-. The van der Waals surface area contributed by atoms with E-state index in [9.17, 15) is 14.0 Å². The molecule has 6 heteroatoms. The molecule has 1 amide bonds. The highest BCUT2D eigenvalue weighted by Crippen LogP contribution is 2.29. The highest BCUT2D eigenvalue weighted by molar-refractivity contribution is 6.02. The van der Waals surface area contributed by atoms with Crippen LogP contribution in [0.1, 0.15) is 44.1 Å². The van der Waals surface area contributed by atoms with Crippen LogP contribution in [0.5, 0.6) is 11.5 Å². The van der Waals surface area contributed by atoms with Crippen molar-refractivity contribution in [2.45, 2.75) is 38.5 Å². The Balaban J connectivity index is 2.12. The minimum Gasteiger partial charge on any atom is -0.469 e. The second kappa shape index (κ2) is 13.0. The molecule has 164 valence electrons. The number of halogens is 1. The molecule has 2 aromatic carbocycles. The van der Waals surface area contributed by atoms with Gasteiger partial charge in [-0.3, -0.25) is 9.59 Å². The van der Waals surface area contributed by atoms with Crippen molar-refractivity contribution in [2.75, 3.05) is 12.4 Å². The van der Waals surface area contributed by atoms with Crippen molar-refractivity contribution >= 4 is 23.6 Å². The van der Waals surface area contributed by atoms with Crippen LogP contribution in [-0.2, 0) is 14.3 Å². The molecule has 1 N–H and O–H groups in total. The van der Waals surface area contributed by atoms with Gasteiger partial charge in [-0.15, -0.1) is 6.58 Å². The number of esters is 1. The fraction of sp³-hybridized carbons (Fsp3) is 0.280. The predicted octanol–water partition coefficient (Wildman–Crippen LogP) is 6.27. The molecule has 0 bridgehead atoms. The summed E-state index contributed by atoms with van der Waals surface area (Å²) in [6.07, 6.45) is 10.8. The van der Waals surface area contributed by atoms with Crippen molar-refractivity contribution < 1.29 is 23.5 Å². The lowest BCUT2D eigenvalue weighted by molar-refractivity contribution is -0.142. The van der Waals surface area contributed by atoms with Gasteiger partial charge in [-0.1, -0.05) is 24.6 Å². The third-order valence-electron chi connectivity index (χ3n) is 4.44. The Bertz CT molecular complexity index is 906. The van der Waals surface area contributed by atoms with E-state index >= 15 is 0 Å². The van der Waals surface area contributed by atoms with Crippen LogP contribution in [0.2, 0.25) is 0 Å². The zero-order chi connectivity index (χ0) is 22.5. The van der Waals surface area contributed by atoms with Gasteiger partial charge in [0, 0.05) is 11.3 Å². The van der Waals surface area contributed by atoms with Crippen LogP contribution in [0.3, 0.4) is 0 Å². The average molecular weight is 426 g/mol. The molecule has 0 saturated heterocycles. The van der Waals surface area contributed by atoms with Gasteiger partial charge in [0.1, 0.15) is 23.7 Å². The molecule has 0 aliphatic rings. The lowest BCUT2D eigenvalue weighted by Gasteiger charge is -2.12. The first-order valence-electron chi connectivity index (χ1n) is 10.2. The van der Waals surface area contributed by atoms with Gasteiger partial charge in [-0.25, -0.2) is 4.39 Å². The molecule has 0 aromatic heterocycles. The number of hydrogen-bond acceptors (Lipinski definition) is 4. The number of allylic oxidation sites excluding steroid dienone is 2. The quantitative estimate of drug-likeness (QED) is 0.188. The van der Waals surface area contributed by atoms with Crippen molar-refractivity contribution in [1.82, 2.24) is 0 Å². The Hall–Kier alpha value is -3.41. The van der Waals surface area contributed by atoms with Crippen molar-refractivity contribution in [2.24, 2.45) is 0 Å². The Kier molecular flexibility index (Phi) is 10.0. The normalized spacial score (nSPS) is 10.6. The number of amides is 1. The van der Waals surface area contributed by atoms with Crippen LogP contribution in [0.4, 0.5) is 10.1 Å². The number of carbonyl (C=O) groups excluding carboxylic acids is 2. The topological polar surface area (TPSA) is 64.6 Å². The number of hydrogen-bond donors (Lipinski definition) is 1. The van der Waals surface area contributed by atoms with E-state index in [4.69, 9.17) is 4.74 Å². The van der Waals surface area contributed by atoms with Gasteiger partial charge in [0.2, 0.25) is 5.91 Å². The van der Waals surface area contributed by atoms with E-state index in [-0.39, 0.29) is 12.2 Å². The summed E-state index contributed by atoms with van der Waals surface area (Å²) in [6, 6.07) is 10.9. The van der Waals surface area contributed by atoms with E-state index in [0.717, 1.165) is 37.7 Å². The van der Waals surface area contributed by atoms with Gasteiger partial charge in [0.25, 0.3) is 0 Å². The highest BCUT2D eigenvalue weighted by atomic mass is 19.1. The van der Waals surface area contributed by atoms with Crippen molar-refractivity contribution in [3.63, 3.8) is 0 Å². The summed E-state index contributed by atoms with van der Waals surface area (Å²) in [7, 11) is 1.23. The Morgan fingerprint density at radius 1 is 1.06 bits per heavy atom. The number of nitrogens with one attached hydrogen (secondary N) is 1. The van der Waals surface area contributed by atoms with Crippen LogP contribution >= 0.6 is 0 Å². The summed E-state index contributed by atoms with van der Waals surface area (Å²) in [5, 5.41) is 2.68. The van der Waals surface area contributed by atoms with E-state index in [1.807, 2.05) is 12.2 Å². The second-order valence-corrected chi connectivity index (χ2v) is 6.94. The van der Waals surface area contributed by atoms with Crippen LogP contribution in [0, 0.1) is 5.82 Å². The van der Waals surface area contributed by atoms with Gasteiger partial charge >= 0.3 is 5.97 Å². The maximum atomic E-state index is 13.2. The third-order valence-corrected chi connectivity index (χ3v) is 4.44. The monoisotopic (exact) mass is 425 g/mol. The highest BCUT2D eigenvalue weighted by Gasteiger charge is 2.11. The molecule has 0 aliphatic heterocycles. The SMILES string of the molecule is C=CCCCCC/C=C\c1cc(NC(=O)CC(=O)OC)ccc1Oc1ccc(F)cc1. The molecular weight excluding hydrogens is 397 g/mol. The molecule has 0 radical (unpaired) electrons. The zero-order valence-electron chi connectivity index (χ0n) is 17.7. The number of methoxy groups -OCH3 is 1. The van der Waals surface area contributed by atoms with E-state index in [1.54, 1.807) is 30.3 Å². The van der Waals surface area contributed by atoms with Gasteiger partial charge in [0.15, 0.2) is 0 Å². The first-order chi connectivity index (χ1) is 15.0. The molecule has 31 heavy (non-hydrogen) atoms. The Morgan fingerprint density at radius 2 is 1.81 bits per heavy atom. The molecule has 0 unspecified atom stereocenters. The first kappa shape index (κ1) is 23.9. The molecule has 0 aliphatic carbocycles. The zero-order valence-corrected chi connectivity index (χ0v) is 17.7. The van der Waals surface area contributed by atoms with Crippen LogP contribution < -0.4 is 10.1 Å². The average Bonchev–Trinajstić information content (AvgIpc) is 2.76. The lowest BCUT2D eigenvalue weighted by atomic mass is 10.1. The largest absolute Gasteiger partial charge is 0.469 e. The number of anilines is 1. The van der Waals surface area contributed by atoms with Gasteiger partial charge < -0.3 is 14.8 Å². The summed E-state index contributed by atoms with van der Waals surface area (Å²) in [4.78, 5) is 23.3. The molecule has 0 atom stereocenters. The molecule has 2 aromatic rings. The van der Waals surface area contributed by atoms with Crippen molar-refractivity contribution in [1.29, 1.82) is 0 Å². The molecule has 0 fully saturated rings. The molecule has 0 saturated carbocycles. The summed E-state index contributed by atoms with van der Waals surface area (Å²) >= 11 is 0. The fourth-order valence-corrected chi connectivity index (χ4v) is 2.83. The molecular formula is C25H28FNO4. The van der Waals surface area contributed by atoms with E-state index in [2.05, 4.69) is 22.7 Å². The maximum Gasteiger partial charge on any atom is 0.315 e. The second-order valence-electron chi connectivity index (χ2n) is 6.94. The molecule has 0 spiro atoms. The maximum absolute atomic E-state index is 13.2. The minimum absolute atomic E-state index is 0.340. The molecule has 2 rings (SSSR count). The molecule has 5 nitrogen and oxygen atoms in total. The van der Waals surface area contributed by atoms with Crippen LogP contribution in [-0.4, -0.2) is 19.0 Å². The van der Waals surface area contributed by atoms with Crippen LogP contribution in [0.25, 0.3) is 6.08 Å². The van der Waals surface area contributed by atoms with E-state index in [1.165, 1.54) is 19.2 Å². The summed E-state index contributed by atoms with van der Waals surface area (Å²) < 4.78 is 23.6. The van der Waals surface area contributed by atoms with Crippen molar-refractivity contribution in [3.05, 3.63) is 72.6 Å². The Morgan fingerprint density at radius 3 is 2.52 bits per heavy atom. The van der Waals surface area contributed by atoms with Gasteiger partial charge in [-0.2, -0.15) is 0 Å². The van der Waals surface area contributed by atoms with E-state index in [0.29, 0.717) is 17.2 Å². The third kappa shape index (κ3) is 8.86. The van der Waals surface area contributed by atoms with E-state index < -0.39 is 11.9 Å². The number of ether oxygens (including phenoxy) is 2.